The number of aliphatic hydroxyl groups excluding tert-OH is 5. The lowest BCUT2D eigenvalue weighted by atomic mass is 9.99. The second-order valence-corrected chi connectivity index (χ2v) is 13.0. The molecule has 0 spiro atoms. The molecule has 0 aromatic heterocycles. The minimum Gasteiger partial charge on any atom is -0.394 e. The van der Waals surface area contributed by atoms with E-state index >= 15 is 0 Å². The lowest BCUT2D eigenvalue weighted by Gasteiger charge is -2.40. The SMILES string of the molecule is CC/C=C\C/C=C\C/C=C\C/C=C\C/C=C\CC(=O)NC(COC1OC(CO)C(O)C(O)C1O)C(O)CCCCCCCCCCCCC. The Bertz CT molecular complexity index is 947. The van der Waals surface area contributed by atoms with Gasteiger partial charge < -0.3 is 40.3 Å². The number of unbranched alkanes of at least 4 members (excludes halogenated alkanes) is 10. The highest BCUT2D eigenvalue weighted by Gasteiger charge is 2.44. The molecule has 282 valence electrons. The molecule has 1 saturated heterocycles. The molecule has 1 rings (SSSR count). The van der Waals surface area contributed by atoms with Crippen molar-refractivity contribution < 1.29 is 39.8 Å². The highest BCUT2D eigenvalue weighted by Crippen LogP contribution is 2.22. The summed E-state index contributed by atoms with van der Waals surface area (Å²) in [6.45, 7) is 3.61. The van der Waals surface area contributed by atoms with E-state index in [0.29, 0.717) is 12.8 Å². The second kappa shape index (κ2) is 30.7. The van der Waals surface area contributed by atoms with Gasteiger partial charge in [-0.25, -0.2) is 0 Å². The first-order valence-corrected chi connectivity index (χ1v) is 19.0. The Morgan fingerprint density at radius 1 is 0.694 bits per heavy atom. The number of carbonyl (C=O) groups excluding carboxylic acids is 1. The van der Waals surface area contributed by atoms with Crippen LogP contribution in [0.5, 0.6) is 0 Å². The number of rotatable bonds is 29. The van der Waals surface area contributed by atoms with Gasteiger partial charge in [0.05, 0.1) is 25.4 Å². The lowest BCUT2D eigenvalue weighted by Crippen LogP contribution is -2.60. The number of allylic oxidation sites excluding steroid dienone is 9. The summed E-state index contributed by atoms with van der Waals surface area (Å²) in [5.41, 5.74) is 0. The van der Waals surface area contributed by atoms with Crippen molar-refractivity contribution in [3.63, 3.8) is 0 Å². The van der Waals surface area contributed by atoms with Gasteiger partial charge in [0.2, 0.25) is 5.91 Å². The van der Waals surface area contributed by atoms with Gasteiger partial charge in [0, 0.05) is 6.42 Å². The van der Waals surface area contributed by atoms with E-state index < -0.39 is 49.5 Å². The summed E-state index contributed by atoms with van der Waals surface area (Å²) in [6, 6.07) is -0.772. The van der Waals surface area contributed by atoms with Crippen molar-refractivity contribution in [3.05, 3.63) is 60.8 Å². The zero-order chi connectivity index (χ0) is 36.0. The van der Waals surface area contributed by atoms with Crippen molar-refractivity contribution in [2.75, 3.05) is 13.2 Å². The van der Waals surface area contributed by atoms with Crippen LogP contribution in [0.15, 0.2) is 60.8 Å². The van der Waals surface area contributed by atoms with Crippen molar-refractivity contribution in [2.45, 2.75) is 172 Å². The quantitative estimate of drug-likeness (QED) is 0.0385. The highest BCUT2D eigenvalue weighted by molar-refractivity contribution is 5.77. The van der Waals surface area contributed by atoms with Gasteiger partial charge in [0.25, 0.3) is 0 Å². The molecule has 9 heteroatoms. The smallest absolute Gasteiger partial charge is 0.224 e. The van der Waals surface area contributed by atoms with Crippen molar-refractivity contribution in [2.24, 2.45) is 0 Å². The van der Waals surface area contributed by atoms with Crippen molar-refractivity contribution in [1.82, 2.24) is 5.32 Å². The van der Waals surface area contributed by atoms with Crippen LogP contribution < -0.4 is 5.32 Å². The van der Waals surface area contributed by atoms with E-state index in [1.165, 1.54) is 51.4 Å². The summed E-state index contributed by atoms with van der Waals surface area (Å²) in [5.74, 6) is -0.276. The maximum absolute atomic E-state index is 12.8. The van der Waals surface area contributed by atoms with Gasteiger partial charge in [0.15, 0.2) is 6.29 Å². The fourth-order valence-electron chi connectivity index (χ4n) is 5.58. The predicted octanol–water partition coefficient (Wildman–Crippen LogP) is 6.49. The third-order valence-electron chi connectivity index (χ3n) is 8.66. The minimum absolute atomic E-state index is 0.134. The van der Waals surface area contributed by atoms with Crippen LogP contribution in [0, 0.1) is 0 Å². The molecule has 0 aromatic rings. The summed E-state index contributed by atoms with van der Waals surface area (Å²) in [5, 5.41) is 53.9. The molecule has 1 fully saturated rings. The van der Waals surface area contributed by atoms with E-state index in [2.05, 4.69) is 67.8 Å². The monoisotopic (exact) mass is 692 g/mol. The van der Waals surface area contributed by atoms with Crippen LogP contribution in [-0.2, 0) is 14.3 Å². The highest BCUT2D eigenvalue weighted by atomic mass is 16.7. The Balaban J connectivity index is 2.51. The average molecular weight is 692 g/mol. The number of amides is 1. The normalized spacial score (nSPS) is 23.1. The molecule has 1 amide bonds. The Labute approximate surface area is 296 Å². The zero-order valence-electron chi connectivity index (χ0n) is 30.4. The maximum Gasteiger partial charge on any atom is 0.224 e. The number of carbonyl (C=O) groups is 1. The summed E-state index contributed by atoms with van der Waals surface area (Å²) < 4.78 is 11.1. The van der Waals surface area contributed by atoms with Gasteiger partial charge in [-0.2, -0.15) is 0 Å². The van der Waals surface area contributed by atoms with Crippen molar-refractivity contribution in [3.8, 4) is 0 Å². The molecule has 6 N–H and O–H groups in total. The molecule has 0 aliphatic carbocycles. The Hall–Kier alpha value is -2.11. The van der Waals surface area contributed by atoms with Gasteiger partial charge in [-0.3, -0.25) is 4.79 Å². The van der Waals surface area contributed by atoms with Crippen LogP contribution in [0.3, 0.4) is 0 Å². The Kier molecular flexibility index (Phi) is 28.1. The third-order valence-corrected chi connectivity index (χ3v) is 8.66. The van der Waals surface area contributed by atoms with Crippen LogP contribution in [0.4, 0.5) is 0 Å². The van der Waals surface area contributed by atoms with Crippen LogP contribution in [0.2, 0.25) is 0 Å². The molecule has 0 bridgehead atoms. The van der Waals surface area contributed by atoms with Gasteiger partial charge in [-0.15, -0.1) is 0 Å². The molecular weight excluding hydrogens is 622 g/mol. The predicted molar refractivity (Wildman–Crippen MR) is 198 cm³/mol. The topological polar surface area (TPSA) is 149 Å². The Morgan fingerprint density at radius 2 is 1.18 bits per heavy atom. The van der Waals surface area contributed by atoms with E-state index in [1.54, 1.807) is 6.08 Å². The number of hydrogen-bond acceptors (Lipinski definition) is 8. The molecule has 0 saturated carbocycles. The number of hydrogen-bond donors (Lipinski definition) is 6. The molecule has 9 nitrogen and oxygen atoms in total. The van der Waals surface area contributed by atoms with Gasteiger partial charge in [-0.05, 0) is 38.5 Å². The third kappa shape index (κ3) is 22.4. The van der Waals surface area contributed by atoms with Gasteiger partial charge in [0.1, 0.15) is 24.4 Å². The second-order valence-electron chi connectivity index (χ2n) is 13.0. The first-order chi connectivity index (χ1) is 23.8. The molecule has 0 aromatic carbocycles. The summed E-state index contributed by atoms with van der Waals surface area (Å²) >= 11 is 0. The average Bonchev–Trinajstić information content (AvgIpc) is 3.10. The molecule has 7 atom stereocenters. The fraction of sp³-hybridized carbons (Fsp3) is 0.725. The van der Waals surface area contributed by atoms with Crippen LogP contribution in [0.1, 0.15) is 129 Å². The first-order valence-electron chi connectivity index (χ1n) is 19.0. The van der Waals surface area contributed by atoms with E-state index in [1.807, 2.05) is 6.08 Å². The molecular formula is C40H69NO8. The van der Waals surface area contributed by atoms with E-state index in [0.717, 1.165) is 44.9 Å². The zero-order valence-corrected chi connectivity index (χ0v) is 30.4. The molecule has 1 aliphatic rings. The van der Waals surface area contributed by atoms with Gasteiger partial charge >= 0.3 is 0 Å². The van der Waals surface area contributed by atoms with E-state index in [-0.39, 0.29) is 18.9 Å². The molecule has 0 radical (unpaired) electrons. The lowest BCUT2D eigenvalue weighted by molar-refractivity contribution is -0.302. The fourth-order valence-corrected chi connectivity index (χ4v) is 5.58. The van der Waals surface area contributed by atoms with Gasteiger partial charge in [-0.1, -0.05) is 145 Å². The summed E-state index contributed by atoms with van der Waals surface area (Å²) in [6.07, 6.45) is 31.1. The number of aliphatic hydroxyl groups is 5. The standard InChI is InChI=1S/C40H69NO8/c1-3-5-7-9-11-13-15-16-17-18-20-22-24-26-28-30-36(44)41-33(32-48-40-39(47)38(46)37(45)35(31-42)49-40)34(43)29-27-25-23-21-19-14-12-10-8-6-4-2/h5,7,11,13,16-17,20,22,26,28,33-35,37-40,42-43,45-47H,3-4,6,8-10,12,14-15,18-19,21,23-25,27,29-32H2,1-2H3,(H,41,44)/b7-5-,13-11-,17-16-,22-20-,28-26-. The molecule has 1 heterocycles. The van der Waals surface area contributed by atoms with Crippen LogP contribution in [0.25, 0.3) is 0 Å². The largest absolute Gasteiger partial charge is 0.394 e. The Morgan fingerprint density at radius 3 is 1.69 bits per heavy atom. The summed E-state index contributed by atoms with van der Waals surface area (Å²) in [4.78, 5) is 12.8. The van der Waals surface area contributed by atoms with Crippen LogP contribution in [-0.4, -0.2) is 87.5 Å². The maximum atomic E-state index is 12.8. The summed E-state index contributed by atoms with van der Waals surface area (Å²) in [7, 11) is 0. The number of nitrogens with one attached hydrogen (secondary N) is 1. The minimum atomic E-state index is -1.57. The van der Waals surface area contributed by atoms with Crippen molar-refractivity contribution >= 4 is 5.91 Å². The van der Waals surface area contributed by atoms with E-state index in [9.17, 15) is 30.3 Å². The first kappa shape index (κ1) is 44.9. The number of ether oxygens (including phenoxy) is 2. The van der Waals surface area contributed by atoms with E-state index in [4.69, 9.17) is 9.47 Å². The molecule has 7 unspecified atom stereocenters. The van der Waals surface area contributed by atoms with Crippen LogP contribution >= 0.6 is 0 Å². The van der Waals surface area contributed by atoms with Crippen molar-refractivity contribution in [1.29, 1.82) is 0 Å². The molecule has 49 heavy (non-hydrogen) atoms. The molecule has 1 aliphatic heterocycles.